The number of aliphatic carboxylic acids is 1. The number of likely N-dealkylation sites (tertiary alicyclic amines) is 1. The zero-order valence-corrected chi connectivity index (χ0v) is 12.5. The number of carbonyl (C=O) groups is 2. The van der Waals surface area contributed by atoms with E-state index in [1.54, 1.807) is 0 Å². The first-order chi connectivity index (χ1) is 10.7. The number of amides is 1. The first kappa shape index (κ1) is 14.9. The second-order valence-corrected chi connectivity index (χ2v) is 6.18. The molecule has 1 aromatic carbocycles. The molecule has 3 atom stereocenters. The molecule has 2 aliphatic rings. The van der Waals surface area contributed by atoms with Gasteiger partial charge < -0.3 is 9.84 Å². The molecule has 2 fully saturated rings. The topological polar surface area (TPSA) is 66.8 Å². The Morgan fingerprint density at radius 2 is 1.91 bits per heavy atom. The summed E-state index contributed by atoms with van der Waals surface area (Å²) in [5.41, 5.74) is 0.902. The Morgan fingerprint density at radius 1 is 1.18 bits per heavy atom. The largest absolute Gasteiger partial charge is 0.480 e. The molecule has 22 heavy (non-hydrogen) atoms. The van der Waals surface area contributed by atoms with E-state index in [-0.39, 0.29) is 12.5 Å². The summed E-state index contributed by atoms with van der Waals surface area (Å²) in [4.78, 5) is 25.3. The lowest BCUT2D eigenvalue weighted by Gasteiger charge is -2.27. The number of carboxylic acids is 1. The first-order valence-electron chi connectivity index (χ1n) is 7.87. The molecule has 3 rings (SSSR count). The molecule has 1 N–H and O–H groups in total. The van der Waals surface area contributed by atoms with E-state index in [0.29, 0.717) is 12.5 Å². The summed E-state index contributed by atoms with van der Waals surface area (Å²) >= 11 is 0. The normalized spacial score (nSPS) is 27.3. The second kappa shape index (κ2) is 6.38. The molecule has 1 aliphatic heterocycles. The van der Waals surface area contributed by atoms with E-state index in [9.17, 15) is 14.7 Å². The number of carboxylic acid groups (broad SMARTS) is 1. The van der Waals surface area contributed by atoms with Gasteiger partial charge in [0, 0.05) is 6.54 Å². The molecule has 1 saturated carbocycles. The van der Waals surface area contributed by atoms with E-state index in [1.807, 2.05) is 30.3 Å². The molecule has 1 heterocycles. The number of nitrogens with zero attached hydrogens (tertiary/aromatic N) is 1. The van der Waals surface area contributed by atoms with E-state index in [2.05, 4.69) is 0 Å². The van der Waals surface area contributed by atoms with E-state index in [1.165, 1.54) is 4.90 Å². The smallest absolute Gasteiger partial charge is 0.410 e. The van der Waals surface area contributed by atoms with Gasteiger partial charge in [-0.25, -0.2) is 9.59 Å². The standard InChI is InChI=1S/C17H21NO4/c19-16(20)15-14-9-5-4-8-13(14)10-18(15)17(21)22-11-12-6-2-1-3-7-12/h1-3,6-7,13-15H,4-5,8-11H2,(H,19,20)/t13-,14-,15-/m0/s1. The van der Waals surface area contributed by atoms with Crippen LogP contribution < -0.4 is 0 Å². The number of rotatable bonds is 3. The zero-order valence-electron chi connectivity index (χ0n) is 12.5. The van der Waals surface area contributed by atoms with E-state index in [4.69, 9.17) is 4.74 Å². The minimum atomic E-state index is -0.911. The van der Waals surface area contributed by atoms with Crippen LogP contribution in [0.2, 0.25) is 0 Å². The van der Waals surface area contributed by atoms with E-state index in [0.717, 1.165) is 31.2 Å². The number of ether oxygens (including phenoxy) is 1. The molecule has 5 heteroatoms. The Bertz CT molecular complexity index is 545. The molecule has 1 aromatic rings. The zero-order chi connectivity index (χ0) is 15.5. The van der Waals surface area contributed by atoms with Crippen LogP contribution in [0.15, 0.2) is 30.3 Å². The van der Waals surface area contributed by atoms with Gasteiger partial charge >= 0.3 is 12.1 Å². The van der Waals surface area contributed by atoms with Crippen molar-refractivity contribution in [3.05, 3.63) is 35.9 Å². The Kier molecular flexibility index (Phi) is 4.32. The summed E-state index contributed by atoms with van der Waals surface area (Å²) in [6.45, 7) is 0.688. The van der Waals surface area contributed by atoms with Crippen LogP contribution in [0.3, 0.4) is 0 Å². The minimum Gasteiger partial charge on any atom is -0.480 e. The van der Waals surface area contributed by atoms with Gasteiger partial charge in [0.25, 0.3) is 0 Å². The third kappa shape index (κ3) is 2.93. The van der Waals surface area contributed by atoms with Crippen LogP contribution in [-0.2, 0) is 16.1 Å². The number of carbonyl (C=O) groups excluding carboxylic acids is 1. The van der Waals surface area contributed by atoms with Crippen molar-refractivity contribution in [3.63, 3.8) is 0 Å². The van der Waals surface area contributed by atoms with Gasteiger partial charge in [-0.05, 0) is 30.2 Å². The van der Waals surface area contributed by atoms with E-state index >= 15 is 0 Å². The van der Waals surface area contributed by atoms with Crippen molar-refractivity contribution in [2.45, 2.75) is 38.3 Å². The maximum atomic E-state index is 12.3. The molecule has 0 spiro atoms. The fourth-order valence-corrected chi connectivity index (χ4v) is 3.78. The quantitative estimate of drug-likeness (QED) is 0.932. The van der Waals surface area contributed by atoms with Gasteiger partial charge in [-0.2, -0.15) is 0 Å². The lowest BCUT2D eigenvalue weighted by Crippen LogP contribution is -2.43. The van der Waals surface area contributed by atoms with E-state index < -0.39 is 18.1 Å². The molecule has 118 valence electrons. The molecule has 0 unspecified atom stereocenters. The average Bonchev–Trinajstić information content (AvgIpc) is 2.93. The molecule has 5 nitrogen and oxygen atoms in total. The molecular formula is C17H21NO4. The van der Waals surface area contributed by atoms with Crippen LogP contribution >= 0.6 is 0 Å². The molecule has 1 aliphatic carbocycles. The lowest BCUT2D eigenvalue weighted by atomic mass is 9.78. The van der Waals surface area contributed by atoms with Crippen LogP contribution in [0.25, 0.3) is 0 Å². The number of hydrogen-bond donors (Lipinski definition) is 1. The Labute approximate surface area is 129 Å². The van der Waals surface area contributed by atoms with Crippen LogP contribution in [0, 0.1) is 11.8 Å². The van der Waals surface area contributed by atoms with Crippen LogP contribution in [0.4, 0.5) is 4.79 Å². The van der Waals surface area contributed by atoms with Crippen molar-refractivity contribution in [3.8, 4) is 0 Å². The van der Waals surface area contributed by atoms with Crippen LogP contribution in [-0.4, -0.2) is 34.7 Å². The highest BCUT2D eigenvalue weighted by molar-refractivity contribution is 5.81. The van der Waals surface area contributed by atoms with Gasteiger partial charge in [0.15, 0.2) is 0 Å². The predicted molar refractivity (Wildman–Crippen MR) is 80.2 cm³/mol. The van der Waals surface area contributed by atoms with Gasteiger partial charge in [0.2, 0.25) is 0 Å². The van der Waals surface area contributed by atoms with Crippen LogP contribution in [0.1, 0.15) is 31.2 Å². The van der Waals surface area contributed by atoms with Crippen molar-refractivity contribution in [2.75, 3.05) is 6.54 Å². The summed E-state index contributed by atoms with van der Waals surface area (Å²) in [5.74, 6) is -0.527. The summed E-state index contributed by atoms with van der Waals surface area (Å²) in [7, 11) is 0. The third-order valence-corrected chi connectivity index (χ3v) is 4.83. The second-order valence-electron chi connectivity index (χ2n) is 6.18. The summed E-state index contributed by atoms with van der Waals surface area (Å²) < 4.78 is 5.32. The fourth-order valence-electron chi connectivity index (χ4n) is 3.78. The molecule has 1 amide bonds. The Morgan fingerprint density at radius 3 is 2.64 bits per heavy atom. The number of hydrogen-bond acceptors (Lipinski definition) is 3. The van der Waals surface area contributed by atoms with Crippen LogP contribution in [0.5, 0.6) is 0 Å². The highest BCUT2D eigenvalue weighted by Gasteiger charge is 2.48. The lowest BCUT2D eigenvalue weighted by molar-refractivity contribution is -0.143. The monoisotopic (exact) mass is 303 g/mol. The predicted octanol–water partition coefficient (Wildman–Crippen LogP) is 2.90. The van der Waals surface area contributed by atoms with Gasteiger partial charge in [0.1, 0.15) is 12.6 Å². The molecule has 0 bridgehead atoms. The van der Waals surface area contributed by atoms with Crippen molar-refractivity contribution in [2.24, 2.45) is 11.8 Å². The molecule has 0 radical (unpaired) electrons. The first-order valence-corrected chi connectivity index (χ1v) is 7.87. The highest BCUT2D eigenvalue weighted by Crippen LogP contribution is 2.40. The summed E-state index contributed by atoms with van der Waals surface area (Å²) in [6.07, 6.45) is 3.57. The fraction of sp³-hybridized carbons (Fsp3) is 0.529. The summed E-state index contributed by atoms with van der Waals surface area (Å²) in [6, 6.07) is 8.70. The maximum Gasteiger partial charge on any atom is 0.410 e. The van der Waals surface area contributed by atoms with Gasteiger partial charge in [-0.15, -0.1) is 0 Å². The molecular weight excluding hydrogens is 282 g/mol. The minimum absolute atomic E-state index is 0.0792. The average molecular weight is 303 g/mol. The Hall–Kier alpha value is -2.04. The van der Waals surface area contributed by atoms with Gasteiger partial charge in [0.05, 0.1) is 0 Å². The van der Waals surface area contributed by atoms with Crippen molar-refractivity contribution < 1.29 is 19.4 Å². The molecule has 1 saturated heterocycles. The van der Waals surface area contributed by atoms with Gasteiger partial charge in [-0.3, -0.25) is 4.90 Å². The SMILES string of the molecule is O=C(O)[C@@H]1[C@H]2CCCC[C@H]2CN1C(=O)OCc1ccccc1. The van der Waals surface area contributed by atoms with Crippen molar-refractivity contribution in [1.29, 1.82) is 0 Å². The number of fused-ring (bicyclic) bond motifs is 1. The van der Waals surface area contributed by atoms with Crippen molar-refractivity contribution in [1.82, 2.24) is 4.90 Å². The third-order valence-electron chi connectivity index (χ3n) is 4.83. The number of benzene rings is 1. The molecule has 0 aromatic heterocycles. The summed E-state index contributed by atoms with van der Waals surface area (Å²) in [5, 5.41) is 9.51. The van der Waals surface area contributed by atoms with Gasteiger partial charge in [-0.1, -0.05) is 43.2 Å². The Balaban J connectivity index is 1.66. The maximum absolute atomic E-state index is 12.3. The highest BCUT2D eigenvalue weighted by atomic mass is 16.6. The van der Waals surface area contributed by atoms with Crippen molar-refractivity contribution >= 4 is 12.1 Å².